The fourth-order valence-electron chi connectivity index (χ4n) is 1.85. The van der Waals surface area contributed by atoms with Gasteiger partial charge in [0.15, 0.2) is 5.11 Å². The Balaban J connectivity index is 1.70. The van der Waals surface area contributed by atoms with Crippen LogP contribution < -0.4 is 16.0 Å². The second-order valence-electron chi connectivity index (χ2n) is 4.58. The lowest BCUT2D eigenvalue weighted by Crippen LogP contribution is -2.37. The van der Waals surface area contributed by atoms with Crippen LogP contribution in [0.5, 0.6) is 0 Å². The Bertz CT molecular complexity index is 554. The van der Waals surface area contributed by atoms with E-state index in [0.29, 0.717) is 5.11 Å². The molecular weight excluding hydrogens is 300 g/mol. The second kappa shape index (κ2) is 8.71. The molecule has 1 aromatic heterocycles. The molecule has 0 atom stereocenters. The third kappa shape index (κ3) is 5.79. The van der Waals surface area contributed by atoms with Gasteiger partial charge in [-0.2, -0.15) is 0 Å². The SMILES string of the molecule is CNC(=S)NCCNCc1csc(Cc2ccccc2)n1. The highest BCUT2D eigenvalue weighted by molar-refractivity contribution is 7.80. The molecule has 0 fully saturated rings. The van der Waals surface area contributed by atoms with Gasteiger partial charge < -0.3 is 16.0 Å². The van der Waals surface area contributed by atoms with Crippen LogP contribution in [0.2, 0.25) is 0 Å². The van der Waals surface area contributed by atoms with Crippen molar-refractivity contribution in [1.82, 2.24) is 20.9 Å². The largest absolute Gasteiger partial charge is 0.366 e. The zero-order valence-corrected chi connectivity index (χ0v) is 13.7. The van der Waals surface area contributed by atoms with Gasteiger partial charge in [-0.25, -0.2) is 4.98 Å². The molecule has 0 saturated heterocycles. The molecule has 2 rings (SSSR count). The number of nitrogens with one attached hydrogen (secondary N) is 3. The van der Waals surface area contributed by atoms with E-state index in [1.807, 2.05) is 13.1 Å². The summed E-state index contributed by atoms with van der Waals surface area (Å²) in [4.78, 5) is 4.65. The Labute approximate surface area is 135 Å². The van der Waals surface area contributed by atoms with Crippen LogP contribution in [0.1, 0.15) is 16.3 Å². The molecule has 4 nitrogen and oxygen atoms in total. The summed E-state index contributed by atoms with van der Waals surface area (Å²) in [5.41, 5.74) is 2.40. The summed E-state index contributed by atoms with van der Waals surface area (Å²) in [6, 6.07) is 10.4. The monoisotopic (exact) mass is 320 g/mol. The number of thiocarbonyl (C=S) groups is 1. The molecule has 0 saturated carbocycles. The molecule has 6 heteroatoms. The van der Waals surface area contributed by atoms with E-state index >= 15 is 0 Å². The minimum Gasteiger partial charge on any atom is -0.366 e. The Kier molecular flexibility index (Phi) is 6.59. The third-order valence-electron chi connectivity index (χ3n) is 2.92. The Morgan fingerprint density at radius 1 is 1.24 bits per heavy atom. The maximum Gasteiger partial charge on any atom is 0.166 e. The van der Waals surface area contributed by atoms with Gasteiger partial charge in [0, 0.05) is 38.5 Å². The Morgan fingerprint density at radius 2 is 2.05 bits per heavy atom. The van der Waals surface area contributed by atoms with Crippen LogP contribution in [-0.2, 0) is 13.0 Å². The van der Waals surface area contributed by atoms with Crippen molar-refractivity contribution in [1.29, 1.82) is 0 Å². The van der Waals surface area contributed by atoms with E-state index in [1.165, 1.54) is 5.56 Å². The first-order valence-electron chi connectivity index (χ1n) is 6.91. The van der Waals surface area contributed by atoms with Gasteiger partial charge in [0.25, 0.3) is 0 Å². The van der Waals surface area contributed by atoms with Gasteiger partial charge in [-0.05, 0) is 17.8 Å². The fourth-order valence-corrected chi connectivity index (χ4v) is 2.78. The summed E-state index contributed by atoms with van der Waals surface area (Å²) in [7, 11) is 1.81. The van der Waals surface area contributed by atoms with Crippen molar-refractivity contribution in [3.63, 3.8) is 0 Å². The number of hydrogen-bond donors (Lipinski definition) is 3. The van der Waals surface area contributed by atoms with Gasteiger partial charge in [-0.15, -0.1) is 11.3 Å². The first-order chi connectivity index (χ1) is 10.3. The maximum absolute atomic E-state index is 5.00. The zero-order valence-electron chi connectivity index (χ0n) is 12.1. The highest BCUT2D eigenvalue weighted by Gasteiger charge is 2.03. The van der Waals surface area contributed by atoms with E-state index in [-0.39, 0.29) is 0 Å². The topological polar surface area (TPSA) is 49.0 Å². The molecule has 1 heterocycles. The summed E-state index contributed by atoms with van der Waals surface area (Å²) in [5.74, 6) is 0. The molecular formula is C15H20N4S2. The molecule has 21 heavy (non-hydrogen) atoms. The molecule has 0 bridgehead atoms. The van der Waals surface area contributed by atoms with Crippen LogP contribution in [0.3, 0.4) is 0 Å². The molecule has 0 aliphatic heterocycles. The fraction of sp³-hybridized carbons (Fsp3) is 0.333. The molecule has 0 amide bonds. The third-order valence-corrected chi connectivity index (χ3v) is 4.16. The Hall–Kier alpha value is -1.50. The number of thiazole rings is 1. The van der Waals surface area contributed by atoms with Crippen molar-refractivity contribution in [3.8, 4) is 0 Å². The zero-order chi connectivity index (χ0) is 14.9. The van der Waals surface area contributed by atoms with Gasteiger partial charge >= 0.3 is 0 Å². The molecule has 2 aromatic rings. The van der Waals surface area contributed by atoms with Gasteiger partial charge in [0.05, 0.1) is 10.7 Å². The van der Waals surface area contributed by atoms with Gasteiger partial charge in [-0.1, -0.05) is 30.3 Å². The predicted octanol–water partition coefficient (Wildman–Crippen LogP) is 1.92. The van der Waals surface area contributed by atoms with Crippen LogP contribution >= 0.6 is 23.6 Å². The van der Waals surface area contributed by atoms with E-state index in [4.69, 9.17) is 12.2 Å². The second-order valence-corrected chi connectivity index (χ2v) is 5.93. The van der Waals surface area contributed by atoms with Crippen LogP contribution in [-0.4, -0.2) is 30.2 Å². The Morgan fingerprint density at radius 3 is 2.81 bits per heavy atom. The lowest BCUT2D eigenvalue weighted by molar-refractivity contribution is 0.661. The van der Waals surface area contributed by atoms with Gasteiger partial charge in [0.2, 0.25) is 0 Å². The van der Waals surface area contributed by atoms with E-state index in [0.717, 1.165) is 36.8 Å². The molecule has 0 aliphatic rings. The smallest absolute Gasteiger partial charge is 0.166 e. The van der Waals surface area contributed by atoms with Crippen LogP contribution in [0.25, 0.3) is 0 Å². The summed E-state index contributed by atoms with van der Waals surface area (Å²) in [6.45, 7) is 2.45. The van der Waals surface area contributed by atoms with E-state index in [1.54, 1.807) is 11.3 Å². The van der Waals surface area contributed by atoms with Crippen molar-refractivity contribution in [3.05, 3.63) is 52.0 Å². The molecule has 0 spiro atoms. The number of benzene rings is 1. The summed E-state index contributed by atoms with van der Waals surface area (Å²) >= 11 is 6.72. The quantitative estimate of drug-likeness (QED) is 0.537. The van der Waals surface area contributed by atoms with Crippen molar-refractivity contribution < 1.29 is 0 Å². The summed E-state index contributed by atoms with van der Waals surface area (Å²) < 4.78 is 0. The van der Waals surface area contributed by atoms with Crippen LogP contribution in [0, 0.1) is 0 Å². The molecule has 0 radical (unpaired) electrons. The van der Waals surface area contributed by atoms with E-state index in [2.05, 4.69) is 50.6 Å². The number of nitrogens with zero attached hydrogens (tertiary/aromatic N) is 1. The summed E-state index contributed by atoms with van der Waals surface area (Å²) in [6.07, 6.45) is 0.906. The standard InChI is InChI=1S/C15H20N4S2/c1-16-15(20)18-8-7-17-10-13-11-21-14(19-13)9-12-5-3-2-4-6-12/h2-6,11,17H,7-10H2,1H3,(H2,16,18,20). The lowest BCUT2D eigenvalue weighted by atomic mass is 10.2. The van der Waals surface area contributed by atoms with Crippen molar-refractivity contribution >= 4 is 28.7 Å². The van der Waals surface area contributed by atoms with E-state index in [9.17, 15) is 0 Å². The molecule has 0 aliphatic carbocycles. The summed E-state index contributed by atoms with van der Waals surface area (Å²) in [5, 5.41) is 13.3. The minimum atomic E-state index is 0.676. The number of rotatable bonds is 7. The minimum absolute atomic E-state index is 0.676. The normalized spacial score (nSPS) is 10.3. The van der Waals surface area contributed by atoms with Gasteiger partial charge in [0.1, 0.15) is 0 Å². The molecule has 0 unspecified atom stereocenters. The number of aromatic nitrogens is 1. The van der Waals surface area contributed by atoms with Crippen molar-refractivity contribution in [2.75, 3.05) is 20.1 Å². The van der Waals surface area contributed by atoms with Crippen molar-refractivity contribution in [2.45, 2.75) is 13.0 Å². The average molecular weight is 320 g/mol. The first-order valence-corrected chi connectivity index (χ1v) is 8.20. The molecule has 112 valence electrons. The first kappa shape index (κ1) is 15.9. The van der Waals surface area contributed by atoms with E-state index < -0.39 is 0 Å². The van der Waals surface area contributed by atoms with Gasteiger partial charge in [-0.3, -0.25) is 0 Å². The maximum atomic E-state index is 5.00. The van der Waals surface area contributed by atoms with Crippen LogP contribution in [0.15, 0.2) is 35.7 Å². The van der Waals surface area contributed by atoms with Crippen LogP contribution in [0.4, 0.5) is 0 Å². The predicted molar refractivity (Wildman–Crippen MR) is 92.7 cm³/mol. The highest BCUT2D eigenvalue weighted by Crippen LogP contribution is 2.14. The molecule has 3 N–H and O–H groups in total. The average Bonchev–Trinajstić information content (AvgIpc) is 2.95. The highest BCUT2D eigenvalue weighted by atomic mass is 32.1. The molecule has 1 aromatic carbocycles. The number of hydrogen-bond acceptors (Lipinski definition) is 4. The lowest BCUT2D eigenvalue weighted by Gasteiger charge is -2.07. The van der Waals surface area contributed by atoms with Crippen molar-refractivity contribution in [2.24, 2.45) is 0 Å².